The fourth-order valence-electron chi connectivity index (χ4n) is 1.74. The van der Waals surface area contributed by atoms with Gasteiger partial charge in [-0.1, -0.05) is 23.7 Å². The number of nitrogens with zero attached hydrogens (tertiary/aromatic N) is 1. The van der Waals surface area contributed by atoms with E-state index in [0.717, 1.165) is 28.7 Å². The fraction of sp³-hybridized carbons (Fsp3) is 0.143. The Kier molecular flexibility index (Phi) is 4.98. The molecule has 0 amide bonds. The summed E-state index contributed by atoms with van der Waals surface area (Å²) >= 11 is 9.29. The van der Waals surface area contributed by atoms with Crippen LogP contribution in [0.4, 0.5) is 11.4 Å². The molecule has 104 valence electrons. The van der Waals surface area contributed by atoms with E-state index in [4.69, 9.17) is 11.6 Å². The first-order valence-corrected chi connectivity index (χ1v) is 7.15. The molecule has 2 aromatic rings. The highest BCUT2D eigenvalue weighted by atomic mass is 79.9. The quantitative estimate of drug-likeness (QED) is 0.626. The molecule has 0 fully saturated rings. The Morgan fingerprint density at radius 1 is 1.20 bits per heavy atom. The van der Waals surface area contributed by atoms with Crippen molar-refractivity contribution in [3.05, 3.63) is 67.6 Å². The minimum absolute atomic E-state index is 0.114. The average Bonchev–Trinajstić information content (AvgIpc) is 2.43. The van der Waals surface area contributed by atoms with Crippen LogP contribution in [-0.4, -0.2) is 11.5 Å². The highest BCUT2D eigenvalue weighted by Gasteiger charge is 2.04. The van der Waals surface area contributed by atoms with Gasteiger partial charge in [-0.3, -0.25) is 10.1 Å². The number of anilines is 1. The van der Waals surface area contributed by atoms with Crippen LogP contribution in [-0.2, 0) is 6.42 Å². The number of non-ortho nitro benzene ring substituents is 1. The summed E-state index contributed by atoms with van der Waals surface area (Å²) in [6.45, 7) is 0.742. The Morgan fingerprint density at radius 3 is 2.50 bits per heavy atom. The zero-order valence-corrected chi connectivity index (χ0v) is 12.8. The van der Waals surface area contributed by atoms with Crippen LogP contribution in [0.1, 0.15) is 5.56 Å². The Morgan fingerprint density at radius 2 is 1.90 bits per heavy atom. The summed E-state index contributed by atoms with van der Waals surface area (Å²) in [5.41, 5.74) is 2.14. The van der Waals surface area contributed by atoms with Crippen LogP contribution in [0.15, 0.2) is 46.9 Å². The normalized spacial score (nSPS) is 10.3. The van der Waals surface area contributed by atoms with E-state index in [9.17, 15) is 10.1 Å². The zero-order chi connectivity index (χ0) is 14.5. The summed E-state index contributed by atoms with van der Waals surface area (Å²) in [6.07, 6.45) is 0.790. The second kappa shape index (κ2) is 6.72. The van der Waals surface area contributed by atoms with E-state index in [1.807, 2.05) is 18.2 Å². The lowest BCUT2D eigenvalue weighted by Gasteiger charge is -2.07. The Labute approximate surface area is 130 Å². The average molecular weight is 356 g/mol. The summed E-state index contributed by atoms with van der Waals surface area (Å²) in [6, 6.07) is 12.2. The van der Waals surface area contributed by atoms with Crippen LogP contribution in [0.25, 0.3) is 0 Å². The van der Waals surface area contributed by atoms with Crippen molar-refractivity contribution < 1.29 is 4.92 Å². The first kappa shape index (κ1) is 14.8. The maximum Gasteiger partial charge on any atom is 0.269 e. The largest absolute Gasteiger partial charge is 0.385 e. The summed E-state index contributed by atoms with van der Waals surface area (Å²) < 4.78 is 0.847. The van der Waals surface area contributed by atoms with E-state index in [1.54, 1.807) is 12.1 Å². The maximum atomic E-state index is 10.5. The first-order valence-electron chi connectivity index (χ1n) is 5.98. The molecule has 0 saturated carbocycles. The molecule has 0 atom stereocenters. The van der Waals surface area contributed by atoms with E-state index < -0.39 is 4.92 Å². The van der Waals surface area contributed by atoms with Gasteiger partial charge in [-0.05, 0) is 46.1 Å². The summed E-state index contributed by atoms with van der Waals surface area (Å²) in [5, 5.41) is 14.5. The molecule has 0 spiro atoms. The van der Waals surface area contributed by atoms with Gasteiger partial charge >= 0.3 is 0 Å². The lowest BCUT2D eigenvalue weighted by molar-refractivity contribution is -0.384. The minimum Gasteiger partial charge on any atom is -0.385 e. The predicted octanol–water partition coefficient (Wildman–Crippen LogP) is 4.67. The third-order valence-electron chi connectivity index (χ3n) is 2.81. The molecular formula is C14H12BrClN2O2. The molecule has 0 radical (unpaired) electrons. The molecule has 20 heavy (non-hydrogen) atoms. The molecule has 4 nitrogen and oxygen atoms in total. The van der Waals surface area contributed by atoms with E-state index in [1.165, 1.54) is 12.1 Å². The van der Waals surface area contributed by atoms with Crippen molar-refractivity contribution in [2.24, 2.45) is 0 Å². The number of rotatable bonds is 5. The lowest BCUT2D eigenvalue weighted by atomic mass is 10.1. The molecule has 0 heterocycles. The number of benzene rings is 2. The Hall–Kier alpha value is -1.59. The lowest BCUT2D eigenvalue weighted by Crippen LogP contribution is -2.04. The minimum atomic E-state index is -0.396. The number of nitro groups is 1. The summed E-state index contributed by atoms with van der Waals surface area (Å²) in [4.78, 5) is 10.2. The van der Waals surface area contributed by atoms with Gasteiger partial charge in [-0.2, -0.15) is 0 Å². The van der Waals surface area contributed by atoms with Gasteiger partial charge < -0.3 is 5.32 Å². The predicted molar refractivity (Wildman–Crippen MR) is 84.4 cm³/mol. The molecule has 6 heteroatoms. The van der Waals surface area contributed by atoms with Gasteiger partial charge in [0, 0.05) is 28.8 Å². The van der Waals surface area contributed by atoms with Crippen molar-refractivity contribution >= 4 is 38.9 Å². The Bertz CT molecular complexity index is 617. The molecule has 1 N–H and O–H groups in total. The van der Waals surface area contributed by atoms with Crippen molar-refractivity contribution in [1.29, 1.82) is 0 Å². The van der Waals surface area contributed by atoms with Gasteiger partial charge in [0.2, 0.25) is 0 Å². The molecule has 0 aliphatic carbocycles. The highest BCUT2D eigenvalue weighted by Crippen LogP contribution is 2.25. The SMILES string of the molecule is O=[N+]([O-])c1ccc(CCNc2ccc(Cl)c(Br)c2)cc1. The van der Waals surface area contributed by atoms with Crippen LogP contribution in [0.2, 0.25) is 5.02 Å². The van der Waals surface area contributed by atoms with E-state index in [-0.39, 0.29) is 5.69 Å². The number of nitrogens with one attached hydrogen (secondary N) is 1. The van der Waals surface area contributed by atoms with E-state index in [0.29, 0.717) is 5.02 Å². The standard InChI is InChI=1S/C14H12BrClN2O2/c15-13-9-11(3-6-14(13)16)17-8-7-10-1-4-12(5-2-10)18(19)20/h1-6,9,17H,7-8H2. The summed E-state index contributed by atoms with van der Waals surface area (Å²) in [7, 11) is 0. The highest BCUT2D eigenvalue weighted by molar-refractivity contribution is 9.10. The number of hydrogen-bond acceptors (Lipinski definition) is 3. The first-order chi connectivity index (χ1) is 9.56. The van der Waals surface area contributed by atoms with Crippen LogP contribution >= 0.6 is 27.5 Å². The molecule has 2 aromatic carbocycles. The maximum absolute atomic E-state index is 10.5. The third kappa shape index (κ3) is 3.95. The van der Waals surface area contributed by atoms with Gasteiger partial charge in [-0.25, -0.2) is 0 Å². The monoisotopic (exact) mass is 354 g/mol. The molecule has 0 saturated heterocycles. The zero-order valence-electron chi connectivity index (χ0n) is 10.5. The molecule has 0 bridgehead atoms. The van der Waals surface area contributed by atoms with Crippen molar-refractivity contribution in [2.75, 3.05) is 11.9 Å². The summed E-state index contributed by atoms with van der Waals surface area (Å²) in [5.74, 6) is 0. The number of hydrogen-bond donors (Lipinski definition) is 1. The van der Waals surface area contributed by atoms with Crippen LogP contribution < -0.4 is 5.32 Å². The van der Waals surface area contributed by atoms with Gasteiger partial charge in [0.15, 0.2) is 0 Å². The molecule has 0 aromatic heterocycles. The second-order valence-corrected chi connectivity index (χ2v) is 5.49. The Balaban J connectivity index is 1.89. The number of nitro benzene ring substituents is 1. The van der Waals surface area contributed by atoms with Gasteiger partial charge in [0.05, 0.1) is 9.95 Å². The van der Waals surface area contributed by atoms with Crippen molar-refractivity contribution in [1.82, 2.24) is 0 Å². The van der Waals surface area contributed by atoms with Crippen molar-refractivity contribution in [3.8, 4) is 0 Å². The smallest absolute Gasteiger partial charge is 0.269 e. The van der Waals surface area contributed by atoms with Crippen molar-refractivity contribution in [3.63, 3.8) is 0 Å². The fourth-order valence-corrected chi connectivity index (χ4v) is 2.24. The molecular weight excluding hydrogens is 344 g/mol. The van der Waals surface area contributed by atoms with Crippen LogP contribution in [0.5, 0.6) is 0 Å². The molecule has 2 rings (SSSR count). The van der Waals surface area contributed by atoms with Crippen LogP contribution in [0.3, 0.4) is 0 Å². The molecule has 0 unspecified atom stereocenters. The van der Waals surface area contributed by atoms with Gasteiger partial charge in [-0.15, -0.1) is 0 Å². The number of halogens is 2. The van der Waals surface area contributed by atoms with E-state index in [2.05, 4.69) is 21.2 Å². The van der Waals surface area contributed by atoms with Crippen molar-refractivity contribution in [2.45, 2.75) is 6.42 Å². The van der Waals surface area contributed by atoms with Gasteiger partial charge in [0.1, 0.15) is 0 Å². The third-order valence-corrected chi connectivity index (χ3v) is 4.02. The topological polar surface area (TPSA) is 55.2 Å². The molecule has 0 aliphatic heterocycles. The van der Waals surface area contributed by atoms with Crippen LogP contribution in [0, 0.1) is 10.1 Å². The van der Waals surface area contributed by atoms with Gasteiger partial charge in [0.25, 0.3) is 5.69 Å². The molecule has 0 aliphatic rings. The second-order valence-electron chi connectivity index (χ2n) is 4.23. The van der Waals surface area contributed by atoms with E-state index >= 15 is 0 Å².